The van der Waals surface area contributed by atoms with E-state index in [9.17, 15) is 13.2 Å². The van der Waals surface area contributed by atoms with Crippen LogP contribution in [0.5, 0.6) is 0 Å². The van der Waals surface area contributed by atoms with Crippen LogP contribution in [-0.4, -0.2) is 72.2 Å². The molecule has 1 aliphatic rings. The van der Waals surface area contributed by atoms with Gasteiger partial charge in [-0.15, -0.1) is 6.42 Å². The quantitative estimate of drug-likeness (QED) is 0.544. The molecule has 0 atom stereocenters. The molecule has 0 saturated carbocycles. The van der Waals surface area contributed by atoms with E-state index >= 15 is 0 Å². The van der Waals surface area contributed by atoms with Crippen LogP contribution in [0.25, 0.3) is 5.69 Å². The number of nitrogens with zero attached hydrogens (tertiary/aromatic N) is 6. The number of aromatic nitrogens is 4. The average Bonchev–Trinajstić information content (AvgIpc) is 3.33. The molecule has 32 heavy (non-hydrogen) atoms. The van der Waals surface area contributed by atoms with E-state index in [0.717, 1.165) is 5.69 Å². The van der Waals surface area contributed by atoms with Crippen LogP contribution in [0.3, 0.4) is 0 Å². The summed E-state index contributed by atoms with van der Waals surface area (Å²) in [7, 11) is -3.69. The number of nitrogens with one attached hydrogen (secondary N) is 1. The van der Waals surface area contributed by atoms with E-state index in [1.807, 2.05) is 35.2 Å². The monoisotopic (exact) mass is 451 g/mol. The Hall–Kier alpha value is -3.75. The number of amides is 1. The van der Waals surface area contributed by atoms with Crippen LogP contribution in [0.15, 0.2) is 59.5 Å². The van der Waals surface area contributed by atoms with Gasteiger partial charge in [0.2, 0.25) is 16.0 Å². The van der Waals surface area contributed by atoms with Gasteiger partial charge in [0.25, 0.3) is 5.91 Å². The zero-order chi connectivity index (χ0) is 22.6. The van der Waals surface area contributed by atoms with Crippen LogP contribution in [-0.2, 0) is 10.0 Å². The van der Waals surface area contributed by atoms with Crippen LogP contribution in [0.1, 0.15) is 10.4 Å². The summed E-state index contributed by atoms with van der Waals surface area (Å²) in [6, 6.07) is 15.4. The predicted molar refractivity (Wildman–Crippen MR) is 118 cm³/mol. The summed E-state index contributed by atoms with van der Waals surface area (Å²) in [5.74, 6) is 2.69. The highest BCUT2D eigenvalue weighted by atomic mass is 32.2. The topological polar surface area (TPSA) is 113 Å². The second kappa shape index (κ2) is 9.17. The normalized spacial score (nSPS) is 14.2. The molecule has 10 nitrogen and oxygen atoms in total. The van der Waals surface area contributed by atoms with Gasteiger partial charge in [0.1, 0.15) is 0 Å². The molecular formula is C21H21N7O3S. The Balaban J connectivity index is 1.41. The molecule has 4 rings (SSSR count). The number of benzene rings is 2. The lowest BCUT2D eigenvalue weighted by Gasteiger charge is -2.34. The van der Waals surface area contributed by atoms with Gasteiger partial charge in [0.15, 0.2) is 0 Å². The van der Waals surface area contributed by atoms with Crippen LogP contribution >= 0.6 is 0 Å². The maximum Gasteiger partial charge on any atom is 0.253 e. The number of para-hydroxylation sites is 1. The molecule has 1 aromatic heterocycles. The van der Waals surface area contributed by atoms with Gasteiger partial charge >= 0.3 is 0 Å². The van der Waals surface area contributed by atoms with E-state index in [1.54, 1.807) is 9.58 Å². The van der Waals surface area contributed by atoms with Crippen molar-refractivity contribution in [1.82, 2.24) is 29.8 Å². The van der Waals surface area contributed by atoms with Gasteiger partial charge in [-0.25, -0.2) is 8.42 Å². The van der Waals surface area contributed by atoms with Gasteiger partial charge < -0.3 is 9.80 Å². The van der Waals surface area contributed by atoms with Crippen molar-refractivity contribution in [1.29, 1.82) is 0 Å². The van der Waals surface area contributed by atoms with E-state index in [2.05, 4.69) is 26.2 Å². The molecule has 164 valence electrons. The first-order chi connectivity index (χ1) is 15.5. The Kier molecular flexibility index (Phi) is 6.16. The molecule has 3 aromatic rings. The third-order valence-electron chi connectivity index (χ3n) is 5.08. The molecule has 0 unspecified atom stereocenters. The Morgan fingerprint density at radius 1 is 1.03 bits per heavy atom. The number of rotatable bonds is 6. The van der Waals surface area contributed by atoms with Crippen molar-refractivity contribution >= 4 is 21.9 Å². The van der Waals surface area contributed by atoms with Gasteiger partial charge in [-0.2, -0.15) is 9.40 Å². The Labute approximate surface area is 185 Å². The van der Waals surface area contributed by atoms with Gasteiger partial charge in [0.05, 0.1) is 17.1 Å². The number of tetrazole rings is 1. The molecule has 1 fully saturated rings. The summed E-state index contributed by atoms with van der Waals surface area (Å²) in [5, 5.41) is 12.0. The lowest BCUT2D eigenvalue weighted by atomic mass is 10.2. The molecular weight excluding hydrogens is 430 g/mol. The minimum atomic E-state index is -3.69. The van der Waals surface area contributed by atoms with Crippen molar-refractivity contribution in [3.8, 4) is 18.0 Å². The van der Waals surface area contributed by atoms with Crippen LogP contribution in [0.4, 0.5) is 5.95 Å². The average molecular weight is 452 g/mol. The number of anilines is 1. The molecule has 2 heterocycles. The Morgan fingerprint density at radius 2 is 1.72 bits per heavy atom. The zero-order valence-electron chi connectivity index (χ0n) is 17.1. The number of terminal acetylenes is 1. The maximum atomic E-state index is 12.9. The molecule has 1 saturated heterocycles. The summed E-state index contributed by atoms with van der Waals surface area (Å²) in [4.78, 5) is 16.7. The fourth-order valence-corrected chi connectivity index (χ4v) is 4.34. The number of carbonyl (C=O) groups excluding carboxylic acids is 1. The number of sulfonamides is 1. The summed E-state index contributed by atoms with van der Waals surface area (Å²) in [6.45, 7) is 2.03. The second-order valence-corrected chi connectivity index (χ2v) is 8.83. The lowest BCUT2D eigenvalue weighted by molar-refractivity contribution is 0.0746. The second-order valence-electron chi connectivity index (χ2n) is 7.06. The first-order valence-corrected chi connectivity index (χ1v) is 11.4. The van der Waals surface area contributed by atoms with Crippen molar-refractivity contribution < 1.29 is 13.2 Å². The first-order valence-electron chi connectivity index (χ1n) is 9.91. The summed E-state index contributed by atoms with van der Waals surface area (Å²) in [5.41, 5.74) is 1.28. The first kappa shape index (κ1) is 21.5. The molecule has 1 amide bonds. The maximum absolute atomic E-state index is 12.9. The molecule has 1 N–H and O–H groups in total. The molecule has 0 radical (unpaired) electrons. The third kappa shape index (κ3) is 4.46. The van der Waals surface area contributed by atoms with Crippen LogP contribution in [0.2, 0.25) is 0 Å². The predicted octanol–water partition coefficient (Wildman–Crippen LogP) is 0.536. The van der Waals surface area contributed by atoms with Crippen molar-refractivity contribution in [2.45, 2.75) is 4.90 Å². The summed E-state index contributed by atoms with van der Waals surface area (Å²) >= 11 is 0. The standard InChI is InChI=1S/C21H21N7O3S/c1-2-12-22-32(30,31)19-10-8-17(9-11-19)20(29)26-13-15-27(16-14-26)21-23-24-25-28(21)18-6-4-3-5-7-18/h1,3-11,22H,12-16H2. The van der Waals surface area contributed by atoms with E-state index in [4.69, 9.17) is 6.42 Å². The molecule has 0 spiro atoms. The minimum Gasteiger partial charge on any atom is -0.336 e. The lowest BCUT2D eigenvalue weighted by Crippen LogP contribution is -2.49. The van der Waals surface area contributed by atoms with Crippen molar-refractivity contribution in [2.24, 2.45) is 0 Å². The number of piperazine rings is 1. The molecule has 1 aliphatic heterocycles. The highest BCUT2D eigenvalue weighted by molar-refractivity contribution is 7.89. The number of carbonyl (C=O) groups is 1. The Morgan fingerprint density at radius 3 is 2.38 bits per heavy atom. The van der Waals surface area contributed by atoms with Gasteiger partial charge in [-0.05, 0) is 46.8 Å². The highest BCUT2D eigenvalue weighted by Gasteiger charge is 2.26. The SMILES string of the molecule is C#CCNS(=O)(=O)c1ccc(C(=O)N2CCN(c3nnnn3-c3ccccc3)CC2)cc1. The van der Waals surface area contributed by atoms with E-state index in [1.165, 1.54) is 24.3 Å². The van der Waals surface area contributed by atoms with Crippen LogP contribution in [0, 0.1) is 12.3 Å². The molecule has 11 heteroatoms. The Bertz CT molecular complexity index is 1230. The number of hydrogen-bond acceptors (Lipinski definition) is 7. The minimum absolute atomic E-state index is 0.0573. The van der Waals surface area contributed by atoms with Crippen LogP contribution < -0.4 is 9.62 Å². The molecule has 0 aliphatic carbocycles. The summed E-state index contributed by atoms with van der Waals surface area (Å²) in [6.07, 6.45) is 5.10. The van der Waals surface area contributed by atoms with Gasteiger partial charge in [-0.3, -0.25) is 4.79 Å². The zero-order valence-corrected chi connectivity index (χ0v) is 17.9. The molecule has 0 bridgehead atoms. The van der Waals surface area contributed by atoms with Crippen molar-refractivity contribution in [2.75, 3.05) is 37.6 Å². The van der Waals surface area contributed by atoms with Crippen molar-refractivity contribution in [3.63, 3.8) is 0 Å². The van der Waals surface area contributed by atoms with Gasteiger partial charge in [-0.1, -0.05) is 29.2 Å². The summed E-state index contributed by atoms with van der Waals surface area (Å²) < 4.78 is 28.2. The highest BCUT2D eigenvalue weighted by Crippen LogP contribution is 2.18. The smallest absolute Gasteiger partial charge is 0.253 e. The third-order valence-corrected chi connectivity index (χ3v) is 6.50. The fourth-order valence-electron chi connectivity index (χ4n) is 3.40. The fraction of sp³-hybridized carbons (Fsp3) is 0.238. The van der Waals surface area contributed by atoms with Crippen molar-refractivity contribution in [3.05, 3.63) is 60.2 Å². The number of hydrogen-bond donors (Lipinski definition) is 1. The van der Waals surface area contributed by atoms with E-state index in [0.29, 0.717) is 37.7 Å². The van der Waals surface area contributed by atoms with Gasteiger partial charge in [0, 0.05) is 31.7 Å². The molecule has 2 aromatic carbocycles. The van der Waals surface area contributed by atoms with E-state index < -0.39 is 10.0 Å². The largest absolute Gasteiger partial charge is 0.336 e. The van der Waals surface area contributed by atoms with E-state index in [-0.39, 0.29) is 17.3 Å².